The highest BCUT2D eigenvalue weighted by molar-refractivity contribution is 7.89. The normalized spacial score (nSPS) is 19.0. The second kappa shape index (κ2) is 10.6. The van der Waals surface area contributed by atoms with Crippen molar-refractivity contribution in [3.05, 3.63) is 41.8 Å². The summed E-state index contributed by atoms with van der Waals surface area (Å²) in [6.45, 7) is 0.687. The Morgan fingerprint density at radius 1 is 1.24 bits per heavy atom. The van der Waals surface area contributed by atoms with Crippen molar-refractivity contribution in [2.75, 3.05) is 25.1 Å². The molecular weight excluding hydrogens is 544 g/mol. The summed E-state index contributed by atoms with van der Waals surface area (Å²) < 4.78 is 116. The Hall–Kier alpha value is -3.07. The molecule has 2 atom stereocenters. The van der Waals surface area contributed by atoms with Crippen LogP contribution in [0.15, 0.2) is 35.2 Å². The number of hydrogen-bond acceptors (Lipinski definition) is 6. The highest BCUT2D eigenvalue weighted by Crippen LogP contribution is 2.43. The maximum atomic E-state index is 14.1. The van der Waals surface area contributed by atoms with Gasteiger partial charge < -0.3 is 14.7 Å². The second-order valence-corrected chi connectivity index (χ2v) is 11.0. The first-order valence-corrected chi connectivity index (χ1v) is 12.7. The number of aromatic nitrogens is 1. The predicted molar refractivity (Wildman–Crippen MR) is 124 cm³/mol. The van der Waals surface area contributed by atoms with Crippen molar-refractivity contribution in [1.29, 1.82) is 0 Å². The predicted octanol–water partition coefficient (Wildman–Crippen LogP) is 4.92. The summed E-state index contributed by atoms with van der Waals surface area (Å²) in [5.41, 5.74) is -1.69. The molecule has 0 aliphatic carbocycles. The fourth-order valence-electron chi connectivity index (χ4n) is 3.78. The maximum absolute atomic E-state index is 14.1. The molecule has 0 amide bonds. The number of rotatable bonds is 8. The lowest BCUT2D eigenvalue weighted by molar-refractivity contribution is -0.143. The van der Waals surface area contributed by atoms with E-state index < -0.39 is 87.6 Å². The summed E-state index contributed by atoms with van der Waals surface area (Å²) in [5.74, 6) is -8.27. The SMILES string of the molecule is C[C@H](COc1cc2c(nc1C(F)(F)F)N(c1cccc(F)c1)C[C@@H](CCC(C)(F)F)N(C)S2(=O)=O)C(=O)O. The molecule has 1 aromatic carbocycles. The van der Waals surface area contributed by atoms with Crippen LogP contribution in [0.25, 0.3) is 0 Å². The number of sulfonamides is 1. The summed E-state index contributed by atoms with van der Waals surface area (Å²) in [5, 5.41) is 9.05. The monoisotopic (exact) mass is 569 g/mol. The van der Waals surface area contributed by atoms with Crippen LogP contribution in [0, 0.1) is 11.7 Å². The van der Waals surface area contributed by atoms with E-state index in [-0.39, 0.29) is 12.1 Å². The third kappa shape index (κ3) is 6.49. The van der Waals surface area contributed by atoms with Crippen molar-refractivity contribution in [1.82, 2.24) is 9.29 Å². The van der Waals surface area contributed by atoms with Crippen molar-refractivity contribution in [3.63, 3.8) is 0 Å². The molecule has 2 heterocycles. The van der Waals surface area contributed by atoms with E-state index >= 15 is 0 Å². The van der Waals surface area contributed by atoms with Crippen LogP contribution < -0.4 is 9.64 Å². The minimum Gasteiger partial charge on any atom is -0.490 e. The van der Waals surface area contributed by atoms with Gasteiger partial charge in [-0.05, 0) is 38.5 Å². The van der Waals surface area contributed by atoms with Crippen LogP contribution in [-0.4, -0.2) is 60.9 Å². The van der Waals surface area contributed by atoms with Gasteiger partial charge in [-0.1, -0.05) is 6.07 Å². The van der Waals surface area contributed by atoms with Crippen molar-refractivity contribution < 1.29 is 49.4 Å². The van der Waals surface area contributed by atoms with Gasteiger partial charge in [-0.15, -0.1) is 0 Å². The number of halogens is 6. The lowest BCUT2D eigenvalue weighted by Crippen LogP contribution is -2.41. The number of ether oxygens (including phenoxy) is 1. The van der Waals surface area contributed by atoms with E-state index in [2.05, 4.69) is 4.98 Å². The smallest absolute Gasteiger partial charge is 0.437 e. The Balaban J connectivity index is 2.26. The average molecular weight is 570 g/mol. The highest BCUT2D eigenvalue weighted by Gasteiger charge is 2.44. The number of pyridine rings is 1. The number of carboxylic acids is 1. The number of aliphatic carboxylic acids is 1. The van der Waals surface area contributed by atoms with Gasteiger partial charge in [0.25, 0.3) is 0 Å². The van der Waals surface area contributed by atoms with Gasteiger partial charge in [0.2, 0.25) is 15.9 Å². The first kappa shape index (κ1) is 29.5. The number of hydrogen-bond donors (Lipinski definition) is 1. The van der Waals surface area contributed by atoms with E-state index in [1.807, 2.05) is 0 Å². The standard InChI is InChI=1S/C23H25F6N3O5S/c1-13(21(33)34)12-37-17-10-18-20(30-19(17)23(27,28)29)32(15-6-4-5-14(24)9-15)11-16(7-8-22(2,25)26)31(3)38(18,35)36/h4-6,9-10,13,16H,7-8,11-12H2,1-3H3,(H,33,34)/t13-,16-/m1/s1. The molecule has 0 spiro atoms. The molecule has 1 aromatic heterocycles. The Labute approximate surface area is 214 Å². The van der Waals surface area contributed by atoms with Crippen molar-refractivity contribution in [2.45, 2.75) is 49.7 Å². The van der Waals surface area contributed by atoms with Crippen LogP contribution in [0.1, 0.15) is 32.4 Å². The maximum Gasteiger partial charge on any atom is 0.437 e. The molecule has 0 saturated carbocycles. The van der Waals surface area contributed by atoms with Crippen LogP contribution in [0.3, 0.4) is 0 Å². The Morgan fingerprint density at radius 2 is 1.89 bits per heavy atom. The van der Waals surface area contributed by atoms with E-state index in [0.29, 0.717) is 13.0 Å². The van der Waals surface area contributed by atoms with Crippen LogP contribution in [0.2, 0.25) is 0 Å². The van der Waals surface area contributed by atoms with Gasteiger partial charge >= 0.3 is 12.1 Å². The first-order chi connectivity index (χ1) is 17.4. The highest BCUT2D eigenvalue weighted by atomic mass is 32.2. The fourth-order valence-corrected chi connectivity index (χ4v) is 5.30. The number of likely N-dealkylation sites (N-methyl/N-ethyl adjacent to an activating group) is 1. The topological polar surface area (TPSA) is 100 Å². The van der Waals surface area contributed by atoms with Gasteiger partial charge in [0.05, 0.1) is 5.92 Å². The van der Waals surface area contributed by atoms with Crippen LogP contribution in [0.4, 0.5) is 37.8 Å². The summed E-state index contributed by atoms with van der Waals surface area (Å²) in [6.07, 6.45) is -6.26. The molecule has 15 heteroatoms. The van der Waals surface area contributed by atoms with Gasteiger partial charge in [0.15, 0.2) is 17.3 Å². The second-order valence-electron chi connectivity index (χ2n) is 9.08. The molecule has 0 unspecified atom stereocenters. The number of carbonyl (C=O) groups is 1. The van der Waals surface area contributed by atoms with Crippen molar-refractivity contribution in [3.8, 4) is 5.75 Å². The third-order valence-electron chi connectivity index (χ3n) is 5.97. The van der Waals surface area contributed by atoms with Crippen LogP contribution in [0.5, 0.6) is 5.75 Å². The third-order valence-corrected chi connectivity index (χ3v) is 7.88. The largest absolute Gasteiger partial charge is 0.490 e. The average Bonchev–Trinajstić information content (AvgIpc) is 2.87. The fraction of sp³-hybridized carbons (Fsp3) is 0.478. The lowest BCUT2D eigenvalue weighted by atomic mass is 10.1. The zero-order chi connectivity index (χ0) is 28.6. The Bertz CT molecular complexity index is 1300. The number of benzene rings is 1. The number of alkyl halides is 5. The minimum absolute atomic E-state index is 0.0567. The van der Waals surface area contributed by atoms with Crippen molar-refractivity contribution >= 4 is 27.5 Å². The molecule has 210 valence electrons. The molecule has 1 aliphatic heterocycles. The molecule has 2 aromatic rings. The Morgan fingerprint density at radius 3 is 2.45 bits per heavy atom. The molecule has 3 rings (SSSR count). The molecular formula is C23H25F6N3O5S. The van der Waals surface area contributed by atoms with E-state index in [0.717, 1.165) is 28.4 Å². The molecule has 8 nitrogen and oxygen atoms in total. The van der Waals surface area contributed by atoms with Gasteiger partial charge in [-0.25, -0.2) is 26.6 Å². The quantitative estimate of drug-likeness (QED) is 0.451. The number of carboxylic acid groups (broad SMARTS) is 1. The van der Waals surface area contributed by atoms with Crippen LogP contribution >= 0.6 is 0 Å². The van der Waals surface area contributed by atoms with E-state index in [1.165, 1.54) is 19.1 Å². The van der Waals surface area contributed by atoms with Crippen LogP contribution in [-0.2, 0) is 21.0 Å². The zero-order valence-electron chi connectivity index (χ0n) is 20.5. The molecule has 0 saturated heterocycles. The zero-order valence-corrected chi connectivity index (χ0v) is 21.3. The van der Waals surface area contributed by atoms with E-state index in [4.69, 9.17) is 9.84 Å². The molecule has 0 bridgehead atoms. The molecule has 1 aliphatic rings. The summed E-state index contributed by atoms with van der Waals surface area (Å²) >= 11 is 0. The molecule has 0 radical (unpaired) electrons. The molecule has 38 heavy (non-hydrogen) atoms. The summed E-state index contributed by atoms with van der Waals surface area (Å²) in [7, 11) is -3.54. The van der Waals surface area contributed by atoms with E-state index in [9.17, 15) is 39.6 Å². The summed E-state index contributed by atoms with van der Waals surface area (Å²) in [6, 6.07) is 3.99. The lowest BCUT2D eigenvalue weighted by Gasteiger charge is -2.29. The summed E-state index contributed by atoms with van der Waals surface area (Å²) in [4.78, 5) is 15.0. The van der Waals surface area contributed by atoms with Gasteiger partial charge in [0, 0.05) is 37.8 Å². The number of fused-ring (bicyclic) bond motifs is 1. The minimum atomic E-state index is -5.16. The Kier molecular flexibility index (Phi) is 8.22. The first-order valence-electron chi connectivity index (χ1n) is 11.3. The number of nitrogens with zero attached hydrogens (tertiary/aromatic N) is 3. The molecule has 1 N–H and O–H groups in total. The number of anilines is 2. The van der Waals surface area contributed by atoms with Gasteiger partial charge in [-0.2, -0.15) is 17.5 Å². The van der Waals surface area contributed by atoms with Crippen molar-refractivity contribution in [2.24, 2.45) is 5.92 Å². The van der Waals surface area contributed by atoms with E-state index in [1.54, 1.807) is 0 Å². The van der Waals surface area contributed by atoms with Gasteiger partial charge in [-0.3, -0.25) is 4.79 Å². The molecule has 0 fully saturated rings. The van der Waals surface area contributed by atoms with Gasteiger partial charge in [0.1, 0.15) is 17.3 Å².